The molecule has 0 unspecified atom stereocenters. The van der Waals surface area contributed by atoms with Crippen molar-refractivity contribution in [1.29, 1.82) is 0 Å². The molecule has 0 aliphatic carbocycles. The van der Waals surface area contributed by atoms with Crippen LogP contribution in [0.2, 0.25) is 0 Å². The molecule has 1 aromatic rings. The van der Waals surface area contributed by atoms with E-state index in [1.165, 1.54) is 18.4 Å². The van der Waals surface area contributed by atoms with Gasteiger partial charge in [-0.25, -0.2) is 4.79 Å². The van der Waals surface area contributed by atoms with Gasteiger partial charge < -0.3 is 20.1 Å². The number of rotatable bonds is 3. The van der Waals surface area contributed by atoms with Crippen LogP contribution in [0.3, 0.4) is 0 Å². The summed E-state index contributed by atoms with van der Waals surface area (Å²) in [5.74, 6) is 1.22. The van der Waals surface area contributed by atoms with E-state index in [0.29, 0.717) is 16.3 Å². The van der Waals surface area contributed by atoms with Gasteiger partial charge >= 0.3 is 5.97 Å². The molecule has 1 fully saturated rings. The minimum absolute atomic E-state index is 0.274. The lowest BCUT2D eigenvalue weighted by molar-refractivity contribution is 0.0607. The van der Waals surface area contributed by atoms with Gasteiger partial charge in [-0.1, -0.05) is 13.8 Å². The molecule has 7 heteroatoms. The topological polar surface area (TPSA) is 64.8 Å². The Morgan fingerprint density at radius 1 is 1.33 bits per heavy atom. The Labute approximate surface area is 133 Å². The molecule has 0 amide bonds. The number of hydrogen-bond acceptors (Lipinski definition) is 7. The zero-order valence-corrected chi connectivity index (χ0v) is 14.5. The summed E-state index contributed by atoms with van der Waals surface area (Å²) in [4.78, 5) is 14.5. The van der Waals surface area contributed by atoms with Gasteiger partial charge in [0, 0.05) is 23.6 Å². The van der Waals surface area contributed by atoms with E-state index in [2.05, 4.69) is 18.7 Å². The van der Waals surface area contributed by atoms with E-state index in [-0.39, 0.29) is 4.75 Å². The second kappa shape index (κ2) is 6.36. The maximum atomic E-state index is 11.8. The van der Waals surface area contributed by atoms with E-state index >= 15 is 0 Å². The smallest absolute Gasteiger partial charge is 0.350 e. The number of carbonyl (C=O) groups is 1. The van der Waals surface area contributed by atoms with E-state index in [4.69, 9.17) is 15.2 Å². The number of thioether (sulfide) groups is 1. The Balaban J connectivity index is 2.32. The third-order valence-corrected chi connectivity index (χ3v) is 6.18. The SMILES string of the molecule is COC(=O)c1sc(N2CCSC(C)(C)CC2)c(OC)c1N. The second-order valence-electron chi connectivity index (χ2n) is 5.52. The number of esters is 1. The highest BCUT2D eigenvalue weighted by Gasteiger charge is 2.29. The van der Waals surface area contributed by atoms with Crippen LogP contribution in [0.5, 0.6) is 5.75 Å². The Morgan fingerprint density at radius 2 is 2.05 bits per heavy atom. The summed E-state index contributed by atoms with van der Waals surface area (Å²) in [6.45, 7) is 6.38. The van der Waals surface area contributed by atoms with Crippen LogP contribution in [0.15, 0.2) is 0 Å². The molecule has 1 aliphatic heterocycles. The minimum Gasteiger partial charge on any atom is -0.492 e. The number of hydrogen-bond donors (Lipinski definition) is 1. The first kappa shape index (κ1) is 16.3. The van der Waals surface area contributed by atoms with Gasteiger partial charge in [0.2, 0.25) is 0 Å². The zero-order chi connectivity index (χ0) is 15.6. The number of nitrogens with two attached hydrogens (primary N) is 1. The quantitative estimate of drug-likeness (QED) is 0.860. The van der Waals surface area contributed by atoms with E-state index in [1.54, 1.807) is 7.11 Å². The molecule has 0 bridgehead atoms. The number of methoxy groups -OCH3 is 2. The highest BCUT2D eigenvalue weighted by molar-refractivity contribution is 8.00. The first-order valence-corrected chi connectivity index (χ1v) is 8.63. The number of anilines is 2. The molecule has 0 atom stereocenters. The molecule has 1 aromatic heterocycles. The molecule has 2 N–H and O–H groups in total. The van der Waals surface area contributed by atoms with Crippen molar-refractivity contribution in [3.8, 4) is 5.75 Å². The van der Waals surface area contributed by atoms with E-state index in [0.717, 1.165) is 30.3 Å². The number of carbonyl (C=O) groups excluding carboxylic acids is 1. The molecule has 0 aromatic carbocycles. The number of nitrogen functional groups attached to an aromatic ring is 1. The Bertz CT molecular complexity index is 529. The third-order valence-electron chi connectivity index (χ3n) is 3.58. The van der Waals surface area contributed by atoms with E-state index in [9.17, 15) is 4.79 Å². The van der Waals surface area contributed by atoms with Crippen molar-refractivity contribution in [2.24, 2.45) is 0 Å². The van der Waals surface area contributed by atoms with Crippen LogP contribution in [-0.4, -0.2) is 43.8 Å². The lowest BCUT2D eigenvalue weighted by Crippen LogP contribution is -2.26. The highest BCUT2D eigenvalue weighted by Crippen LogP contribution is 2.46. The summed E-state index contributed by atoms with van der Waals surface area (Å²) in [5, 5.41) is 0.925. The van der Waals surface area contributed by atoms with Gasteiger partial charge in [0.25, 0.3) is 0 Å². The Hall–Kier alpha value is -1.08. The molecule has 2 rings (SSSR count). The monoisotopic (exact) mass is 330 g/mol. The van der Waals surface area contributed by atoms with Crippen molar-refractivity contribution in [3.05, 3.63) is 4.88 Å². The fourth-order valence-corrected chi connectivity index (χ4v) is 4.55. The fourth-order valence-electron chi connectivity index (χ4n) is 2.29. The molecule has 1 aliphatic rings. The van der Waals surface area contributed by atoms with Gasteiger partial charge in [-0.05, 0) is 6.42 Å². The van der Waals surface area contributed by atoms with Gasteiger partial charge in [0.05, 0.1) is 14.2 Å². The lowest BCUT2D eigenvalue weighted by atomic mass is 10.1. The summed E-state index contributed by atoms with van der Waals surface area (Å²) in [5.41, 5.74) is 6.42. The molecule has 21 heavy (non-hydrogen) atoms. The van der Waals surface area contributed by atoms with Gasteiger partial charge in [-0.2, -0.15) is 11.8 Å². The average molecular weight is 330 g/mol. The van der Waals surface area contributed by atoms with Crippen molar-refractivity contribution in [2.75, 3.05) is 43.7 Å². The van der Waals surface area contributed by atoms with Crippen molar-refractivity contribution in [2.45, 2.75) is 25.0 Å². The van der Waals surface area contributed by atoms with Crippen LogP contribution in [-0.2, 0) is 4.74 Å². The van der Waals surface area contributed by atoms with Crippen LogP contribution in [0.1, 0.15) is 29.9 Å². The standard InChI is InChI=1S/C14H22N2O3S2/c1-14(2)5-6-16(7-8-20-14)12-10(18-3)9(15)11(21-12)13(17)19-4/h5-8,15H2,1-4H3. The molecule has 0 spiro atoms. The summed E-state index contributed by atoms with van der Waals surface area (Å²) in [6.07, 6.45) is 1.08. The van der Waals surface area contributed by atoms with Crippen LogP contribution < -0.4 is 15.4 Å². The lowest BCUT2D eigenvalue weighted by Gasteiger charge is -2.23. The van der Waals surface area contributed by atoms with Crippen LogP contribution in [0.25, 0.3) is 0 Å². The maximum Gasteiger partial charge on any atom is 0.350 e. The van der Waals surface area contributed by atoms with Gasteiger partial charge in [0.1, 0.15) is 15.6 Å². The third kappa shape index (κ3) is 3.40. The van der Waals surface area contributed by atoms with Crippen LogP contribution >= 0.6 is 23.1 Å². The van der Waals surface area contributed by atoms with Crippen LogP contribution in [0, 0.1) is 0 Å². The van der Waals surface area contributed by atoms with Crippen LogP contribution in [0.4, 0.5) is 10.7 Å². The Morgan fingerprint density at radius 3 is 2.67 bits per heavy atom. The highest BCUT2D eigenvalue weighted by atomic mass is 32.2. The number of ether oxygens (including phenoxy) is 2. The van der Waals surface area contributed by atoms with Crippen molar-refractivity contribution in [3.63, 3.8) is 0 Å². The molecule has 0 radical (unpaired) electrons. The van der Waals surface area contributed by atoms with Crippen molar-refractivity contribution >= 4 is 39.8 Å². The van der Waals surface area contributed by atoms with Crippen molar-refractivity contribution < 1.29 is 14.3 Å². The average Bonchev–Trinajstić information content (AvgIpc) is 2.66. The van der Waals surface area contributed by atoms with Gasteiger partial charge in [-0.3, -0.25) is 0 Å². The van der Waals surface area contributed by atoms with Gasteiger partial charge in [-0.15, -0.1) is 11.3 Å². The molecular formula is C14H22N2O3S2. The normalized spacial score (nSPS) is 18.2. The second-order valence-corrected chi connectivity index (χ2v) is 8.32. The maximum absolute atomic E-state index is 11.8. The van der Waals surface area contributed by atoms with Gasteiger partial charge in [0.15, 0.2) is 5.75 Å². The predicted molar refractivity (Wildman–Crippen MR) is 90.0 cm³/mol. The number of thiophene rings is 1. The zero-order valence-electron chi connectivity index (χ0n) is 12.9. The predicted octanol–water partition coefficient (Wildman–Crippen LogP) is 2.85. The first-order chi connectivity index (χ1) is 9.89. The first-order valence-electron chi connectivity index (χ1n) is 6.83. The molecule has 2 heterocycles. The fraction of sp³-hybridized carbons (Fsp3) is 0.643. The summed E-state index contributed by atoms with van der Waals surface area (Å²) < 4.78 is 10.5. The largest absolute Gasteiger partial charge is 0.492 e. The number of nitrogens with zero attached hydrogens (tertiary/aromatic N) is 1. The summed E-state index contributed by atoms with van der Waals surface area (Å²) >= 11 is 3.33. The Kier molecular flexibility index (Phi) is 4.93. The van der Waals surface area contributed by atoms with E-state index in [1.807, 2.05) is 11.8 Å². The molecular weight excluding hydrogens is 308 g/mol. The summed E-state index contributed by atoms with van der Waals surface area (Å²) in [7, 11) is 2.94. The molecule has 118 valence electrons. The van der Waals surface area contributed by atoms with E-state index < -0.39 is 5.97 Å². The summed E-state index contributed by atoms with van der Waals surface area (Å²) in [6, 6.07) is 0. The molecule has 1 saturated heterocycles. The minimum atomic E-state index is -0.411. The van der Waals surface area contributed by atoms with Crippen molar-refractivity contribution in [1.82, 2.24) is 0 Å². The molecule has 0 saturated carbocycles. The molecule has 5 nitrogen and oxygen atoms in total.